The third kappa shape index (κ3) is 4.36. The summed E-state index contributed by atoms with van der Waals surface area (Å²) in [4.78, 5) is 40.5. The molecule has 0 aliphatic carbocycles. The Morgan fingerprint density at radius 2 is 1.78 bits per heavy atom. The van der Waals surface area contributed by atoms with Crippen molar-refractivity contribution in [3.05, 3.63) is 98.6 Å². The van der Waals surface area contributed by atoms with Crippen molar-refractivity contribution >= 4 is 5.97 Å². The van der Waals surface area contributed by atoms with E-state index >= 15 is 0 Å². The SMILES string of the molecule is O=C(O)c1cc(=O)n(Cc2ccccn2)c(=O)n1COCc1ccccc1. The van der Waals surface area contributed by atoms with Crippen molar-refractivity contribution in [2.75, 3.05) is 0 Å². The molecule has 0 fully saturated rings. The van der Waals surface area contributed by atoms with E-state index in [9.17, 15) is 19.5 Å². The summed E-state index contributed by atoms with van der Waals surface area (Å²) in [6.45, 7) is -0.152. The summed E-state index contributed by atoms with van der Waals surface area (Å²) in [6, 6.07) is 15.3. The number of hydrogen-bond acceptors (Lipinski definition) is 5. The third-order valence-electron chi connectivity index (χ3n) is 3.88. The number of carboxylic acids is 1. The molecule has 0 atom stereocenters. The van der Waals surface area contributed by atoms with Gasteiger partial charge in [-0.05, 0) is 17.7 Å². The molecule has 0 unspecified atom stereocenters. The molecule has 0 bridgehead atoms. The molecular formula is C19H17N3O5. The molecule has 0 spiro atoms. The van der Waals surface area contributed by atoms with Gasteiger partial charge in [0, 0.05) is 12.3 Å². The van der Waals surface area contributed by atoms with E-state index in [1.807, 2.05) is 30.3 Å². The Morgan fingerprint density at radius 3 is 2.44 bits per heavy atom. The van der Waals surface area contributed by atoms with E-state index in [2.05, 4.69) is 4.98 Å². The second-order valence-electron chi connectivity index (χ2n) is 5.75. The number of carboxylic acid groups (broad SMARTS) is 1. The lowest BCUT2D eigenvalue weighted by Gasteiger charge is -2.13. The summed E-state index contributed by atoms with van der Waals surface area (Å²) >= 11 is 0. The zero-order valence-electron chi connectivity index (χ0n) is 14.3. The zero-order chi connectivity index (χ0) is 19.2. The topological polar surface area (TPSA) is 103 Å². The number of pyridine rings is 1. The molecule has 2 heterocycles. The average molecular weight is 367 g/mol. The Bertz CT molecular complexity index is 1040. The number of hydrogen-bond donors (Lipinski definition) is 1. The Kier molecular flexibility index (Phi) is 5.58. The highest BCUT2D eigenvalue weighted by atomic mass is 16.5. The minimum atomic E-state index is -1.38. The van der Waals surface area contributed by atoms with Crippen LogP contribution in [0.3, 0.4) is 0 Å². The first-order valence-corrected chi connectivity index (χ1v) is 8.16. The fourth-order valence-electron chi connectivity index (χ4n) is 2.55. The normalized spacial score (nSPS) is 10.7. The number of ether oxygens (including phenoxy) is 1. The van der Waals surface area contributed by atoms with E-state index in [1.165, 1.54) is 0 Å². The molecular weight excluding hydrogens is 350 g/mol. The van der Waals surface area contributed by atoms with E-state index in [0.29, 0.717) is 5.69 Å². The van der Waals surface area contributed by atoms with E-state index in [-0.39, 0.29) is 19.9 Å². The minimum Gasteiger partial charge on any atom is -0.477 e. The summed E-state index contributed by atoms with van der Waals surface area (Å²) in [6.07, 6.45) is 1.55. The number of aromatic carboxylic acids is 1. The third-order valence-corrected chi connectivity index (χ3v) is 3.88. The maximum Gasteiger partial charge on any atom is 0.352 e. The Morgan fingerprint density at radius 1 is 1.04 bits per heavy atom. The molecule has 0 radical (unpaired) electrons. The highest BCUT2D eigenvalue weighted by molar-refractivity contribution is 5.85. The van der Waals surface area contributed by atoms with Gasteiger partial charge in [0.1, 0.15) is 12.4 Å². The van der Waals surface area contributed by atoms with Gasteiger partial charge >= 0.3 is 11.7 Å². The quantitative estimate of drug-likeness (QED) is 0.676. The molecule has 0 aliphatic rings. The Labute approximate surface area is 153 Å². The van der Waals surface area contributed by atoms with E-state index in [1.54, 1.807) is 24.4 Å². The van der Waals surface area contributed by atoms with E-state index in [4.69, 9.17) is 4.74 Å². The number of nitrogens with zero attached hydrogens (tertiary/aromatic N) is 3. The van der Waals surface area contributed by atoms with Crippen LogP contribution in [0, 0.1) is 0 Å². The maximum atomic E-state index is 12.7. The first-order chi connectivity index (χ1) is 13.1. The van der Waals surface area contributed by atoms with Gasteiger partial charge in [0.25, 0.3) is 5.56 Å². The van der Waals surface area contributed by atoms with Crippen LogP contribution >= 0.6 is 0 Å². The molecule has 1 aromatic carbocycles. The zero-order valence-corrected chi connectivity index (χ0v) is 14.3. The van der Waals surface area contributed by atoms with Crippen molar-refractivity contribution in [2.45, 2.75) is 19.9 Å². The molecule has 0 aliphatic heterocycles. The summed E-state index contributed by atoms with van der Waals surface area (Å²) in [5, 5.41) is 9.34. The molecule has 138 valence electrons. The van der Waals surface area contributed by atoms with E-state index in [0.717, 1.165) is 20.8 Å². The Balaban J connectivity index is 1.90. The number of carbonyl (C=O) groups is 1. The summed E-state index contributed by atoms with van der Waals surface area (Å²) < 4.78 is 7.35. The van der Waals surface area contributed by atoms with Crippen LogP contribution in [0.25, 0.3) is 0 Å². The maximum absolute atomic E-state index is 12.7. The number of rotatable bonds is 7. The number of benzene rings is 1. The standard InChI is InChI=1S/C19H17N3O5/c23-17-10-16(18(24)25)22(13-27-12-14-6-2-1-3-7-14)19(26)21(17)11-15-8-4-5-9-20-15/h1-10H,11-13H2,(H,24,25). The van der Waals surface area contributed by atoms with Crippen LogP contribution in [0.2, 0.25) is 0 Å². The lowest BCUT2D eigenvalue weighted by molar-refractivity contribution is 0.0500. The van der Waals surface area contributed by atoms with Crippen molar-refractivity contribution in [3.63, 3.8) is 0 Å². The minimum absolute atomic E-state index is 0.0584. The van der Waals surface area contributed by atoms with Crippen molar-refractivity contribution in [1.82, 2.24) is 14.1 Å². The summed E-state index contributed by atoms with van der Waals surface area (Å²) in [7, 11) is 0. The lowest BCUT2D eigenvalue weighted by Crippen LogP contribution is -2.42. The first-order valence-electron chi connectivity index (χ1n) is 8.16. The van der Waals surface area contributed by atoms with Crippen LogP contribution in [0.4, 0.5) is 0 Å². The largest absolute Gasteiger partial charge is 0.477 e. The van der Waals surface area contributed by atoms with Crippen LogP contribution in [-0.2, 0) is 24.6 Å². The van der Waals surface area contributed by atoms with Gasteiger partial charge in [-0.2, -0.15) is 0 Å². The van der Waals surface area contributed by atoms with Gasteiger partial charge in [-0.25, -0.2) is 9.59 Å². The molecule has 8 heteroatoms. The smallest absolute Gasteiger partial charge is 0.352 e. The molecule has 0 saturated carbocycles. The van der Waals surface area contributed by atoms with Gasteiger partial charge in [-0.3, -0.25) is 18.9 Å². The summed E-state index contributed by atoms with van der Waals surface area (Å²) in [5.41, 5.74) is -0.503. The highest BCUT2D eigenvalue weighted by Gasteiger charge is 2.17. The van der Waals surface area contributed by atoms with Gasteiger partial charge in [0.2, 0.25) is 0 Å². The van der Waals surface area contributed by atoms with Crippen LogP contribution in [0.1, 0.15) is 21.7 Å². The second kappa shape index (κ2) is 8.24. The molecule has 3 rings (SSSR count). The fraction of sp³-hybridized carbons (Fsp3) is 0.158. The Hall–Kier alpha value is -3.52. The van der Waals surface area contributed by atoms with Crippen molar-refractivity contribution in [2.24, 2.45) is 0 Å². The van der Waals surface area contributed by atoms with Crippen molar-refractivity contribution < 1.29 is 14.6 Å². The molecule has 8 nitrogen and oxygen atoms in total. The molecule has 27 heavy (non-hydrogen) atoms. The van der Waals surface area contributed by atoms with E-state index < -0.39 is 22.9 Å². The monoisotopic (exact) mass is 367 g/mol. The van der Waals surface area contributed by atoms with Gasteiger partial charge in [0.05, 0.1) is 18.8 Å². The molecule has 2 aromatic heterocycles. The molecule has 0 saturated heterocycles. The van der Waals surface area contributed by atoms with Crippen LogP contribution in [-0.4, -0.2) is 25.2 Å². The fourth-order valence-corrected chi connectivity index (χ4v) is 2.55. The van der Waals surface area contributed by atoms with Crippen molar-refractivity contribution in [3.8, 4) is 0 Å². The first kappa shape index (κ1) is 18.3. The van der Waals surface area contributed by atoms with Gasteiger partial charge in [-0.15, -0.1) is 0 Å². The van der Waals surface area contributed by atoms with Gasteiger partial charge < -0.3 is 9.84 Å². The lowest BCUT2D eigenvalue weighted by atomic mass is 10.2. The average Bonchev–Trinajstić information content (AvgIpc) is 2.68. The van der Waals surface area contributed by atoms with Gasteiger partial charge in [0.15, 0.2) is 0 Å². The van der Waals surface area contributed by atoms with Crippen LogP contribution in [0.15, 0.2) is 70.4 Å². The van der Waals surface area contributed by atoms with Gasteiger partial charge in [-0.1, -0.05) is 36.4 Å². The number of aromatic nitrogens is 3. The highest BCUT2D eigenvalue weighted by Crippen LogP contribution is 2.03. The summed E-state index contributed by atoms with van der Waals surface area (Å²) in [5.74, 6) is -1.38. The predicted octanol–water partition coefficient (Wildman–Crippen LogP) is 1.33. The predicted molar refractivity (Wildman–Crippen MR) is 96.5 cm³/mol. The molecule has 1 N–H and O–H groups in total. The molecule has 3 aromatic rings. The van der Waals surface area contributed by atoms with Crippen molar-refractivity contribution in [1.29, 1.82) is 0 Å². The second-order valence-corrected chi connectivity index (χ2v) is 5.75. The van der Waals surface area contributed by atoms with Crippen LogP contribution < -0.4 is 11.2 Å². The van der Waals surface area contributed by atoms with Crippen LogP contribution in [0.5, 0.6) is 0 Å². The molecule has 0 amide bonds.